The van der Waals surface area contributed by atoms with E-state index in [4.69, 9.17) is 0 Å². The number of amides is 2. The molecule has 5 nitrogen and oxygen atoms in total. The molecule has 0 bridgehead atoms. The van der Waals surface area contributed by atoms with E-state index in [0.717, 1.165) is 12.1 Å². The minimum atomic E-state index is -4.62. The highest BCUT2D eigenvalue weighted by Crippen LogP contribution is 2.34. The van der Waals surface area contributed by atoms with Crippen molar-refractivity contribution in [3.05, 3.63) is 29.3 Å². The summed E-state index contributed by atoms with van der Waals surface area (Å²) in [7, 11) is 0. The lowest BCUT2D eigenvalue weighted by atomic mass is 10.0. The molecular weight excluding hydrogens is 337 g/mol. The van der Waals surface area contributed by atoms with Crippen LogP contribution in [-0.4, -0.2) is 47.6 Å². The molecule has 1 aromatic carbocycles. The maximum absolute atomic E-state index is 13.2. The highest BCUT2D eigenvalue weighted by atomic mass is 19.4. The molecule has 0 aliphatic carbocycles. The molecule has 2 fully saturated rings. The van der Waals surface area contributed by atoms with Gasteiger partial charge in [0.15, 0.2) is 0 Å². The highest BCUT2D eigenvalue weighted by Gasteiger charge is 2.34. The van der Waals surface area contributed by atoms with Gasteiger partial charge in [0.1, 0.15) is 0 Å². The Labute approximate surface area is 143 Å². The summed E-state index contributed by atoms with van der Waals surface area (Å²) in [6.45, 7) is 0.841. The molecule has 0 saturated carbocycles. The summed E-state index contributed by atoms with van der Waals surface area (Å²) < 4.78 is 39.7. The zero-order chi connectivity index (χ0) is 18.2. The topological polar surface area (TPSA) is 60.9 Å². The third-order valence-corrected chi connectivity index (χ3v) is 4.56. The molecule has 2 saturated heterocycles. The Morgan fingerprint density at radius 2 is 1.92 bits per heavy atom. The Bertz CT molecular complexity index is 690. The van der Waals surface area contributed by atoms with Crippen LogP contribution in [0.5, 0.6) is 0 Å². The fraction of sp³-hybridized carbons (Fsp3) is 0.529. The van der Waals surface area contributed by atoms with Gasteiger partial charge < -0.3 is 14.9 Å². The maximum atomic E-state index is 13.2. The predicted octanol–water partition coefficient (Wildman–Crippen LogP) is 2.43. The molecule has 1 atom stereocenters. The smallest absolute Gasteiger partial charge is 0.391 e. The van der Waals surface area contributed by atoms with E-state index in [2.05, 4.69) is 0 Å². The minimum absolute atomic E-state index is 0.0956. The van der Waals surface area contributed by atoms with Gasteiger partial charge in [-0.25, -0.2) is 0 Å². The molecule has 2 aliphatic heterocycles. The highest BCUT2D eigenvalue weighted by molar-refractivity contribution is 5.99. The first kappa shape index (κ1) is 17.7. The van der Waals surface area contributed by atoms with Crippen LogP contribution in [0.3, 0.4) is 0 Å². The summed E-state index contributed by atoms with van der Waals surface area (Å²) in [5.41, 5.74) is -0.970. The van der Waals surface area contributed by atoms with Gasteiger partial charge in [0.05, 0.1) is 11.7 Å². The summed E-state index contributed by atoms with van der Waals surface area (Å²) in [6.07, 6.45) is -3.24. The second kappa shape index (κ2) is 6.67. The van der Waals surface area contributed by atoms with Crippen LogP contribution in [0.4, 0.5) is 18.9 Å². The molecule has 0 radical (unpaired) electrons. The third kappa shape index (κ3) is 3.78. The third-order valence-electron chi connectivity index (χ3n) is 4.56. The molecule has 2 amide bonds. The average Bonchev–Trinajstić information content (AvgIpc) is 2.99. The number of benzene rings is 1. The number of anilines is 1. The SMILES string of the molecule is O=C(c1cc(N2CCCC2=O)cc(C(F)(F)F)c1)N1CCCC(O)C1. The van der Waals surface area contributed by atoms with Crippen LogP contribution in [-0.2, 0) is 11.0 Å². The van der Waals surface area contributed by atoms with Crippen LogP contribution >= 0.6 is 0 Å². The van der Waals surface area contributed by atoms with Crippen LogP contribution in [0.25, 0.3) is 0 Å². The van der Waals surface area contributed by atoms with Crippen LogP contribution in [0.2, 0.25) is 0 Å². The van der Waals surface area contributed by atoms with Crippen molar-refractivity contribution >= 4 is 17.5 Å². The Morgan fingerprint density at radius 1 is 1.16 bits per heavy atom. The first-order valence-corrected chi connectivity index (χ1v) is 8.25. The molecule has 0 spiro atoms. The van der Waals surface area contributed by atoms with Gasteiger partial charge in [0.2, 0.25) is 5.91 Å². The Hall–Kier alpha value is -2.09. The molecule has 2 aliphatic rings. The minimum Gasteiger partial charge on any atom is -0.391 e. The molecule has 1 N–H and O–H groups in total. The zero-order valence-electron chi connectivity index (χ0n) is 13.6. The van der Waals surface area contributed by atoms with E-state index in [1.54, 1.807) is 0 Å². The maximum Gasteiger partial charge on any atom is 0.416 e. The van der Waals surface area contributed by atoms with E-state index < -0.39 is 23.8 Å². The largest absolute Gasteiger partial charge is 0.416 e. The monoisotopic (exact) mass is 356 g/mol. The summed E-state index contributed by atoms with van der Waals surface area (Å²) in [5, 5.41) is 9.69. The van der Waals surface area contributed by atoms with Gasteiger partial charge in [0, 0.05) is 37.3 Å². The van der Waals surface area contributed by atoms with E-state index in [1.807, 2.05) is 0 Å². The molecule has 2 heterocycles. The fourth-order valence-electron chi connectivity index (χ4n) is 3.30. The van der Waals surface area contributed by atoms with Gasteiger partial charge in [0.25, 0.3) is 5.91 Å². The number of likely N-dealkylation sites (tertiary alicyclic amines) is 1. The van der Waals surface area contributed by atoms with Gasteiger partial charge in [-0.15, -0.1) is 0 Å². The van der Waals surface area contributed by atoms with Crippen LogP contribution in [0.1, 0.15) is 41.6 Å². The quantitative estimate of drug-likeness (QED) is 0.885. The first-order valence-electron chi connectivity index (χ1n) is 8.25. The second-order valence-corrected chi connectivity index (χ2v) is 6.46. The number of nitrogens with zero attached hydrogens (tertiary/aromatic N) is 2. The molecule has 1 unspecified atom stereocenters. The lowest BCUT2D eigenvalue weighted by Crippen LogP contribution is -2.42. The fourth-order valence-corrected chi connectivity index (χ4v) is 3.30. The lowest BCUT2D eigenvalue weighted by molar-refractivity contribution is -0.137. The number of halogens is 3. The average molecular weight is 356 g/mol. The van der Waals surface area contributed by atoms with Crippen LogP contribution < -0.4 is 4.90 Å². The summed E-state index contributed by atoms with van der Waals surface area (Å²) >= 11 is 0. The molecular formula is C17H19F3N2O3. The number of aliphatic hydroxyl groups excluding tert-OH is 1. The van der Waals surface area contributed by atoms with Crippen molar-refractivity contribution in [3.63, 3.8) is 0 Å². The zero-order valence-corrected chi connectivity index (χ0v) is 13.6. The standard InChI is InChI=1S/C17H19F3N2O3/c18-17(19,20)12-7-11(16(25)21-5-1-3-14(23)10-21)8-13(9-12)22-6-2-4-15(22)24/h7-9,14,23H,1-6,10H2. The number of carbonyl (C=O) groups is 2. The van der Waals surface area contributed by atoms with Crippen molar-refractivity contribution in [2.24, 2.45) is 0 Å². The summed E-state index contributed by atoms with van der Waals surface area (Å²) in [4.78, 5) is 27.1. The van der Waals surface area contributed by atoms with Gasteiger partial charge in [-0.1, -0.05) is 0 Å². The molecule has 136 valence electrons. The van der Waals surface area contributed by atoms with Crippen molar-refractivity contribution in [3.8, 4) is 0 Å². The molecule has 0 aromatic heterocycles. The number of alkyl halides is 3. The number of rotatable bonds is 2. The predicted molar refractivity (Wildman–Crippen MR) is 84.2 cm³/mol. The van der Waals surface area contributed by atoms with Crippen molar-refractivity contribution < 1.29 is 27.9 Å². The summed E-state index contributed by atoms with van der Waals surface area (Å²) in [5.74, 6) is -0.802. The normalized spacial score (nSPS) is 21.8. The van der Waals surface area contributed by atoms with Crippen molar-refractivity contribution in [1.29, 1.82) is 0 Å². The van der Waals surface area contributed by atoms with Crippen molar-refractivity contribution in [1.82, 2.24) is 4.90 Å². The van der Waals surface area contributed by atoms with E-state index in [-0.39, 0.29) is 30.1 Å². The number of aliphatic hydroxyl groups is 1. The van der Waals surface area contributed by atoms with Gasteiger partial charge in [-0.3, -0.25) is 9.59 Å². The number of β-amino-alcohol motifs (C(OH)–C–C–N with tert-alkyl or cyclic N) is 1. The van der Waals surface area contributed by atoms with Crippen LogP contribution in [0.15, 0.2) is 18.2 Å². The van der Waals surface area contributed by atoms with Crippen molar-refractivity contribution in [2.45, 2.75) is 38.0 Å². The van der Waals surface area contributed by atoms with E-state index in [9.17, 15) is 27.9 Å². The summed E-state index contributed by atoms with van der Waals surface area (Å²) in [6, 6.07) is 3.06. The second-order valence-electron chi connectivity index (χ2n) is 6.46. The van der Waals surface area contributed by atoms with Gasteiger partial charge in [-0.05, 0) is 37.5 Å². The van der Waals surface area contributed by atoms with Gasteiger partial charge >= 0.3 is 6.18 Å². The Kier molecular flexibility index (Phi) is 4.73. The molecule has 3 rings (SSSR count). The molecule has 25 heavy (non-hydrogen) atoms. The van der Waals surface area contributed by atoms with Gasteiger partial charge in [-0.2, -0.15) is 13.2 Å². The molecule has 1 aromatic rings. The van der Waals surface area contributed by atoms with E-state index in [1.165, 1.54) is 15.9 Å². The van der Waals surface area contributed by atoms with E-state index >= 15 is 0 Å². The number of piperidine rings is 1. The van der Waals surface area contributed by atoms with E-state index in [0.29, 0.717) is 32.4 Å². The molecule has 8 heteroatoms. The lowest BCUT2D eigenvalue weighted by Gasteiger charge is -2.30. The Balaban J connectivity index is 1.97. The van der Waals surface area contributed by atoms with Crippen LogP contribution in [0, 0.1) is 0 Å². The van der Waals surface area contributed by atoms with Crippen molar-refractivity contribution in [2.75, 3.05) is 24.5 Å². The first-order chi connectivity index (χ1) is 11.8. The number of carbonyl (C=O) groups excluding carboxylic acids is 2. The Morgan fingerprint density at radius 3 is 2.52 bits per heavy atom. The number of hydrogen-bond donors (Lipinski definition) is 1. The number of hydrogen-bond acceptors (Lipinski definition) is 3.